The van der Waals surface area contributed by atoms with Gasteiger partial charge in [0.05, 0.1) is 36.3 Å². The van der Waals surface area contributed by atoms with Gasteiger partial charge in [-0.2, -0.15) is 0 Å². The maximum Gasteiger partial charge on any atom is 0.343 e. The molecule has 0 N–H and O–H groups in total. The molecule has 0 aliphatic heterocycles. The highest BCUT2D eigenvalue weighted by Gasteiger charge is 2.20. The van der Waals surface area contributed by atoms with E-state index in [0.717, 1.165) is 0 Å². The molecule has 36 heavy (non-hydrogen) atoms. The highest BCUT2D eigenvalue weighted by Crippen LogP contribution is 2.39. The summed E-state index contributed by atoms with van der Waals surface area (Å²) < 4.78 is 28.3. The monoisotopic (exact) mass is 508 g/mol. The van der Waals surface area contributed by atoms with Gasteiger partial charge in [-0.1, -0.05) is 23.7 Å². The molecule has 0 saturated carbocycles. The van der Waals surface area contributed by atoms with Crippen LogP contribution in [0.2, 0.25) is 5.02 Å². The summed E-state index contributed by atoms with van der Waals surface area (Å²) in [5.41, 5.74) is 1.41. The summed E-state index contributed by atoms with van der Waals surface area (Å²) in [7, 11) is 0. The second kappa shape index (κ2) is 11.2. The Morgan fingerprint density at radius 2 is 1.50 bits per heavy atom. The van der Waals surface area contributed by atoms with E-state index in [1.807, 2.05) is 20.8 Å². The Bertz CT molecular complexity index is 1410. The fourth-order valence-electron chi connectivity index (χ4n) is 3.67. The first-order valence-corrected chi connectivity index (χ1v) is 11.9. The lowest BCUT2D eigenvalue weighted by molar-refractivity contribution is 0.0733. The SMILES string of the molecule is CCOc1cc(C(=O)Oc2ccc3c(=O)c(-c4ccc(Cl)cc4)coc3c2)cc(OCC)c1OCC. The number of ether oxygens (including phenoxy) is 4. The van der Waals surface area contributed by atoms with E-state index in [-0.39, 0.29) is 16.7 Å². The minimum absolute atomic E-state index is 0.203. The molecule has 0 fully saturated rings. The first-order chi connectivity index (χ1) is 17.4. The number of carbonyl (C=O) groups is 1. The molecule has 8 heteroatoms. The zero-order valence-corrected chi connectivity index (χ0v) is 20.9. The summed E-state index contributed by atoms with van der Waals surface area (Å²) in [5.74, 6) is 0.800. The highest BCUT2D eigenvalue weighted by atomic mass is 35.5. The molecule has 0 atom stereocenters. The number of hydrogen-bond donors (Lipinski definition) is 0. The van der Waals surface area contributed by atoms with Crippen LogP contribution in [0.1, 0.15) is 31.1 Å². The molecule has 3 aromatic carbocycles. The Morgan fingerprint density at radius 1 is 0.861 bits per heavy atom. The van der Waals surface area contributed by atoms with Crippen molar-refractivity contribution in [2.24, 2.45) is 0 Å². The number of fused-ring (bicyclic) bond motifs is 1. The van der Waals surface area contributed by atoms with Gasteiger partial charge in [0.2, 0.25) is 5.75 Å². The van der Waals surface area contributed by atoms with Crippen LogP contribution in [0.3, 0.4) is 0 Å². The second-order valence-corrected chi connectivity index (χ2v) is 8.07. The first kappa shape index (κ1) is 25.1. The van der Waals surface area contributed by atoms with E-state index in [0.29, 0.717) is 64.2 Å². The van der Waals surface area contributed by atoms with Gasteiger partial charge >= 0.3 is 5.97 Å². The van der Waals surface area contributed by atoms with Gasteiger partial charge in [0.15, 0.2) is 16.9 Å². The Kier molecular flexibility index (Phi) is 7.80. The van der Waals surface area contributed by atoms with Crippen molar-refractivity contribution in [1.82, 2.24) is 0 Å². The van der Waals surface area contributed by atoms with Gasteiger partial charge in [-0.3, -0.25) is 4.79 Å². The lowest BCUT2D eigenvalue weighted by Gasteiger charge is -2.16. The van der Waals surface area contributed by atoms with Crippen molar-refractivity contribution in [3.8, 4) is 34.1 Å². The van der Waals surface area contributed by atoms with Crippen molar-refractivity contribution in [2.75, 3.05) is 19.8 Å². The Labute approximate surface area is 213 Å². The van der Waals surface area contributed by atoms with Crippen molar-refractivity contribution >= 4 is 28.5 Å². The summed E-state index contributed by atoms with van der Waals surface area (Å²) in [6.45, 7) is 6.69. The van der Waals surface area contributed by atoms with Crippen LogP contribution < -0.4 is 24.4 Å². The van der Waals surface area contributed by atoms with Crippen LogP contribution in [0.4, 0.5) is 0 Å². The highest BCUT2D eigenvalue weighted by molar-refractivity contribution is 6.30. The molecular formula is C28H25ClO7. The summed E-state index contributed by atoms with van der Waals surface area (Å²) in [6.07, 6.45) is 1.38. The fraction of sp³-hybridized carbons (Fsp3) is 0.214. The molecule has 0 unspecified atom stereocenters. The van der Waals surface area contributed by atoms with E-state index < -0.39 is 5.97 Å². The Balaban J connectivity index is 1.64. The number of carbonyl (C=O) groups excluding carboxylic acids is 1. The second-order valence-electron chi connectivity index (χ2n) is 7.63. The molecule has 186 valence electrons. The van der Waals surface area contributed by atoms with Crippen molar-refractivity contribution in [3.05, 3.63) is 81.7 Å². The van der Waals surface area contributed by atoms with E-state index in [1.54, 1.807) is 48.5 Å². The molecule has 1 heterocycles. The predicted octanol–water partition coefficient (Wildman–Crippen LogP) is 6.53. The Morgan fingerprint density at radius 3 is 2.11 bits per heavy atom. The first-order valence-electron chi connectivity index (χ1n) is 11.5. The molecule has 7 nitrogen and oxygen atoms in total. The fourth-order valence-corrected chi connectivity index (χ4v) is 3.80. The normalized spacial score (nSPS) is 10.8. The molecule has 0 saturated heterocycles. The zero-order valence-electron chi connectivity index (χ0n) is 20.1. The number of rotatable bonds is 9. The van der Waals surface area contributed by atoms with Crippen LogP contribution in [0.25, 0.3) is 22.1 Å². The van der Waals surface area contributed by atoms with Crippen molar-refractivity contribution in [2.45, 2.75) is 20.8 Å². The molecule has 4 rings (SSSR count). The minimum Gasteiger partial charge on any atom is -0.490 e. The molecule has 0 aliphatic rings. The average molecular weight is 509 g/mol. The number of benzene rings is 3. The van der Waals surface area contributed by atoms with Crippen molar-refractivity contribution in [1.29, 1.82) is 0 Å². The average Bonchev–Trinajstić information content (AvgIpc) is 2.87. The molecule has 0 amide bonds. The lowest BCUT2D eigenvalue weighted by Crippen LogP contribution is -2.11. The summed E-state index contributed by atoms with van der Waals surface area (Å²) >= 11 is 5.94. The maximum atomic E-state index is 13.0. The van der Waals surface area contributed by atoms with Gasteiger partial charge in [0, 0.05) is 11.1 Å². The molecule has 0 spiro atoms. The molecule has 4 aromatic rings. The van der Waals surface area contributed by atoms with E-state index in [4.69, 9.17) is 35.0 Å². The van der Waals surface area contributed by atoms with Crippen LogP contribution in [0.5, 0.6) is 23.0 Å². The van der Waals surface area contributed by atoms with Crippen LogP contribution >= 0.6 is 11.6 Å². The quantitative estimate of drug-likeness (QED) is 0.188. The van der Waals surface area contributed by atoms with Gasteiger partial charge in [-0.15, -0.1) is 0 Å². The van der Waals surface area contributed by atoms with E-state index in [1.165, 1.54) is 12.3 Å². The van der Waals surface area contributed by atoms with Gasteiger partial charge < -0.3 is 23.4 Å². The third kappa shape index (κ3) is 5.31. The third-order valence-corrected chi connectivity index (χ3v) is 5.51. The number of esters is 1. The van der Waals surface area contributed by atoms with Crippen LogP contribution in [-0.4, -0.2) is 25.8 Å². The topological polar surface area (TPSA) is 84.2 Å². The van der Waals surface area contributed by atoms with E-state index in [9.17, 15) is 9.59 Å². The van der Waals surface area contributed by atoms with Crippen molar-refractivity contribution < 1.29 is 28.2 Å². The van der Waals surface area contributed by atoms with E-state index >= 15 is 0 Å². The molecule has 1 aromatic heterocycles. The largest absolute Gasteiger partial charge is 0.490 e. The van der Waals surface area contributed by atoms with Gasteiger partial charge in [0.25, 0.3) is 0 Å². The molecule has 0 aliphatic carbocycles. The lowest BCUT2D eigenvalue weighted by atomic mass is 10.1. The summed E-state index contributed by atoms with van der Waals surface area (Å²) in [4.78, 5) is 26.0. The predicted molar refractivity (Wildman–Crippen MR) is 138 cm³/mol. The molecule has 0 radical (unpaired) electrons. The van der Waals surface area contributed by atoms with Crippen molar-refractivity contribution in [3.63, 3.8) is 0 Å². The van der Waals surface area contributed by atoms with Gasteiger partial charge in [-0.25, -0.2) is 4.79 Å². The van der Waals surface area contributed by atoms with Crippen LogP contribution in [0, 0.1) is 0 Å². The number of hydrogen-bond acceptors (Lipinski definition) is 7. The van der Waals surface area contributed by atoms with E-state index in [2.05, 4.69) is 0 Å². The summed E-state index contributed by atoms with van der Waals surface area (Å²) in [6, 6.07) is 14.6. The van der Waals surface area contributed by atoms with Crippen LogP contribution in [-0.2, 0) is 0 Å². The maximum absolute atomic E-state index is 13.0. The molecule has 0 bridgehead atoms. The van der Waals surface area contributed by atoms with Gasteiger partial charge in [0.1, 0.15) is 17.6 Å². The smallest absolute Gasteiger partial charge is 0.343 e. The summed E-state index contributed by atoms with van der Waals surface area (Å²) in [5, 5.41) is 0.935. The number of halogens is 1. The standard InChI is InChI=1S/C28H25ClO7/c1-4-32-24-13-18(14-25(33-5-2)27(24)34-6-3)28(31)36-20-11-12-21-23(15-20)35-16-22(26(21)30)17-7-9-19(29)10-8-17/h7-16H,4-6H2,1-3H3. The Hall–Kier alpha value is -3.97. The zero-order chi connectivity index (χ0) is 25.7. The third-order valence-electron chi connectivity index (χ3n) is 5.26. The van der Waals surface area contributed by atoms with Gasteiger partial charge in [-0.05, 0) is 62.7 Å². The molecular weight excluding hydrogens is 484 g/mol. The van der Waals surface area contributed by atoms with Crippen LogP contribution in [0.15, 0.2) is 70.1 Å². The minimum atomic E-state index is -0.626.